The van der Waals surface area contributed by atoms with Gasteiger partial charge in [0.1, 0.15) is 0 Å². The molecule has 2 rings (SSSR count). The number of carbonyl (C=O) groups is 1. The van der Waals surface area contributed by atoms with Crippen molar-refractivity contribution in [3.63, 3.8) is 0 Å². The zero-order chi connectivity index (χ0) is 17.1. The van der Waals surface area contributed by atoms with Crippen molar-refractivity contribution in [3.05, 3.63) is 0 Å². The Morgan fingerprint density at radius 1 is 1.26 bits per heavy atom. The van der Waals surface area contributed by atoms with Crippen molar-refractivity contribution in [1.29, 1.82) is 0 Å². The van der Waals surface area contributed by atoms with Crippen molar-refractivity contribution in [1.82, 2.24) is 9.21 Å². The lowest BCUT2D eigenvalue weighted by molar-refractivity contribution is -0.187. The molecular formula is C15H28N2O5S. The lowest BCUT2D eigenvalue weighted by atomic mass is 10.0. The minimum atomic E-state index is -3.30. The molecule has 8 heteroatoms. The number of sulfonamides is 1. The molecule has 2 aliphatic heterocycles. The van der Waals surface area contributed by atoms with Gasteiger partial charge in [-0.1, -0.05) is 6.92 Å². The van der Waals surface area contributed by atoms with Gasteiger partial charge in [-0.05, 0) is 13.3 Å². The summed E-state index contributed by atoms with van der Waals surface area (Å²) in [4.78, 5) is 14.2. The van der Waals surface area contributed by atoms with Gasteiger partial charge in [0.25, 0.3) is 0 Å². The van der Waals surface area contributed by atoms with Gasteiger partial charge >= 0.3 is 0 Å². The van der Waals surface area contributed by atoms with Crippen LogP contribution in [0.1, 0.15) is 39.5 Å². The first kappa shape index (κ1) is 18.6. The number of rotatable bonds is 6. The van der Waals surface area contributed by atoms with E-state index in [1.807, 2.05) is 13.8 Å². The van der Waals surface area contributed by atoms with E-state index in [4.69, 9.17) is 9.47 Å². The van der Waals surface area contributed by atoms with Crippen LogP contribution in [0, 0.1) is 0 Å². The summed E-state index contributed by atoms with van der Waals surface area (Å²) in [6, 6.07) is -0.0947. The van der Waals surface area contributed by atoms with Gasteiger partial charge in [0.15, 0.2) is 5.79 Å². The van der Waals surface area contributed by atoms with Crippen LogP contribution in [0.25, 0.3) is 0 Å². The number of piperidine rings is 1. The second-order valence-corrected chi connectivity index (χ2v) is 8.30. The first-order valence-corrected chi connectivity index (χ1v) is 10.1. The third kappa shape index (κ3) is 4.65. The third-order valence-electron chi connectivity index (χ3n) is 4.75. The fourth-order valence-electron chi connectivity index (χ4n) is 3.16. The normalized spacial score (nSPS) is 22.7. The molecule has 1 spiro atoms. The maximum Gasteiger partial charge on any atom is 0.223 e. The lowest BCUT2D eigenvalue weighted by Crippen LogP contribution is -2.48. The zero-order valence-corrected chi connectivity index (χ0v) is 15.1. The topological polar surface area (TPSA) is 76.2 Å². The minimum Gasteiger partial charge on any atom is -0.347 e. The third-order valence-corrected chi connectivity index (χ3v) is 6.14. The molecule has 1 atom stereocenters. The zero-order valence-electron chi connectivity index (χ0n) is 14.3. The molecule has 0 saturated carbocycles. The molecule has 1 amide bonds. The highest BCUT2D eigenvalue weighted by Crippen LogP contribution is 2.31. The van der Waals surface area contributed by atoms with Crippen LogP contribution in [0.3, 0.4) is 0 Å². The van der Waals surface area contributed by atoms with Crippen LogP contribution >= 0.6 is 0 Å². The molecule has 0 aromatic heterocycles. The quantitative estimate of drug-likeness (QED) is 0.710. The first-order valence-electron chi connectivity index (χ1n) is 8.30. The lowest BCUT2D eigenvalue weighted by Gasteiger charge is -2.38. The highest BCUT2D eigenvalue weighted by Gasteiger charge is 2.40. The van der Waals surface area contributed by atoms with E-state index in [9.17, 15) is 13.2 Å². The molecule has 23 heavy (non-hydrogen) atoms. The Bertz CT molecular complexity index is 506. The molecule has 7 nitrogen and oxygen atoms in total. The summed E-state index contributed by atoms with van der Waals surface area (Å²) in [7, 11) is -3.30. The fraction of sp³-hybridized carbons (Fsp3) is 0.933. The average molecular weight is 348 g/mol. The summed E-state index contributed by atoms with van der Waals surface area (Å²) < 4.78 is 36.4. The van der Waals surface area contributed by atoms with Crippen molar-refractivity contribution in [3.8, 4) is 0 Å². The Labute approximate surface area is 139 Å². The summed E-state index contributed by atoms with van der Waals surface area (Å²) in [5, 5.41) is 0. The van der Waals surface area contributed by atoms with Gasteiger partial charge in [-0.3, -0.25) is 4.79 Å². The summed E-state index contributed by atoms with van der Waals surface area (Å²) in [5.74, 6) is -0.499. The van der Waals surface area contributed by atoms with Gasteiger partial charge in [-0.15, -0.1) is 0 Å². The Balaban J connectivity index is 1.84. The Morgan fingerprint density at radius 3 is 2.30 bits per heavy atom. The number of hydrogen-bond donors (Lipinski definition) is 0. The van der Waals surface area contributed by atoms with Gasteiger partial charge in [0.2, 0.25) is 15.9 Å². The maximum absolute atomic E-state index is 12.4. The Morgan fingerprint density at radius 2 is 1.83 bits per heavy atom. The fourth-order valence-corrected chi connectivity index (χ4v) is 4.39. The highest BCUT2D eigenvalue weighted by molar-refractivity contribution is 7.88. The highest BCUT2D eigenvalue weighted by atomic mass is 32.2. The summed E-state index contributed by atoms with van der Waals surface area (Å²) >= 11 is 0. The Kier molecular flexibility index (Phi) is 6.05. The van der Waals surface area contributed by atoms with Crippen molar-refractivity contribution < 1.29 is 22.7 Å². The van der Waals surface area contributed by atoms with E-state index >= 15 is 0 Å². The molecule has 0 aliphatic carbocycles. The van der Waals surface area contributed by atoms with E-state index in [1.165, 1.54) is 10.6 Å². The van der Waals surface area contributed by atoms with Crippen LogP contribution in [0.2, 0.25) is 0 Å². The van der Waals surface area contributed by atoms with Gasteiger partial charge < -0.3 is 14.4 Å². The summed E-state index contributed by atoms with van der Waals surface area (Å²) in [5.41, 5.74) is 0. The van der Waals surface area contributed by atoms with Crippen LogP contribution in [-0.4, -0.2) is 74.5 Å². The molecule has 0 aromatic rings. The number of ether oxygens (including phenoxy) is 2. The Hall–Kier alpha value is -0.700. The molecule has 2 saturated heterocycles. The predicted molar refractivity (Wildman–Crippen MR) is 86.4 cm³/mol. The molecule has 1 unspecified atom stereocenters. The van der Waals surface area contributed by atoms with E-state index in [-0.39, 0.29) is 24.9 Å². The molecule has 0 radical (unpaired) electrons. The monoisotopic (exact) mass is 348 g/mol. The average Bonchev–Trinajstić information content (AvgIpc) is 2.94. The minimum absolute atomic E-state index is 0.00481. The van der Waals surface area contributed by atoms with Crippen LogP contribution < -0.4 is 0 Å². The van der Waals surface area contributed by atoms with Crippen molar-refractivity contribution in [2.24, 2.45) is 0 Å². The number of hydrogen-bond acceptors (Lipinski definition) is 5. The smallest absolute Gasteiger partial charge is 0.223 e. The number of carbonyl (C=O) groups excluding carboxylic acids is 1. The predicted octanol–water partition coefficient (Wildman–Crippen LogP) is 0.802. The van der Waals surface area contributed by atoms with Crippen LogP contribution in [-0.2, 0) is 24.3 Å². The van der Waals surface area contributed by atoms with E-state index < -0.39 is 15.8 Å². The number of nitrogens with zero attached hydrogens (tertiary/aromatic N) is 2. The number of amides is 1. The van der Waals surface area contributed by atoms with Crippen LogP contribution in [0.5, 0.6) is 0 Å². The van der Waals surface area contributed by atoms with E-state index in [0.717, 1.165) is 6.42 Å². The van der Waals surface area contributed by atoms with Gasteiger partial charge in [0.05, 0.1) is 19.5 Å². The molecule has 2 fully saturated rings. The summed E-state index contributed by atoms with van der Waals surface area (Å²) in [6.45, 7) is 6.48. The number of likely N-dealkylation sites (tertiary alicyclic amines) is 1. The molecule has 0 aromatic carbocycles. The molecule has 0 bridgehead atoms. The molecular weight excluding hydrogens is 320 g/mol. The summed E-state index contributed by atoms with van der Waals surface area (Å²) in [6.07, 6.45) is 3.50. The van der Waals surface area contributed by atoms with Crippen LogP contribution in [0.15, 0.2) is 0 Å². The van der Waals surface area contributed by atoms with Gasteiger partial charge in [-0.25, -0.2) is 8.42 Å². The molecule has 2 aliphatic rings. The van der Waals surface area contributed by atoms with Crippen molar-refractivity contribution in [2.75, 3.05) is 39.1 Å². The standard InChI is InChI=1S/C15H28N2O5S/c1-4-13(2)17(23(3,19)20)8-5-14(18)16-9-6-15(7-10-16)21-11-12-22-15/h13H,4-12H2,1-3H3. The first-order chi connectivity index (χ1) is 10.8. The second kappa shape index (κ2) is 7.46. The maximum atomic E-state index is 12.4. The van der Waals surface area contributed by atoms with Gasteiger partial charge in [-0.2, -0.15) is 4.31 Å². The molecule has 134 valence electrons. The van der Waals surface area contributed by atoms with Gasteiger partial charge in [0, 0.05) is 44.9 Å². The molecule has 2 heterocycles. The molecule has 0 N–H and O–H groups in total. The second-order valence-electron chi connectivity index (χ2n) is 6.37. The van der Waals surface area contributed by atoms with E-state index in [2.05, 4.69) is 0 Å². The SMILES string of the molecule is CCC(C)N(CCC(=O)N1CCC2(CC1)OCCO2)S(C)(=O)=O. The van der Waals surface area contributed by atoms with Crippen molar-refractivity contribution >= 4 is 15.9 Å². The largest absolute Gasteiger partial charge is 0.347 e. The van der Waals surface area contributed by atoms with Crippen LogP contribution in [0.4, 0.5) is 0 Å². The van der Waals surface area contributed by atoms with E-state index in [0.29, 0.717) is 39.1 Å². The van der Waals surface area contributed by atoms with E-state index in [1.54, 1.807) is 4.90 Å². The van der Waals surface area contributed by atoms with Crippen molar-refractivity contribution in [2.45, 2.75) is 51.4 Å².